The SMILES string of the molecule is CC(C)(C)NCC1CCCCN1Cc1ccccc1Br. The van der Waals surface area contributed by atoms with Gasteiger partial charge in [-0.15, -0.1) is 0 Å². The van der Waals surface area contributed by atoms with E-state index in [0.29, 0.717) is 6.04 Å². The average Bonchev–Trinajstić information content (AvgIpc) is 2.39. The van der Waals surface area contributed by atoms with Gasteiger partial charge in [0, 0.05) is 29.1 Å². The smallest absolute Gasteiger partial charge is 0.0248 e. The molecule has 1 heterocycles. The summed E-state index contributed by atoms with van der Waals surface area (Å²) in [5.41, 5.74) is 1.60. The molecule has 1 aromatic carbocycles. The van der Waals surface area contributed by atoms with Crippen molar-refractivity contribution >= 4 is 15.9 Å². The van der Waals surface area contributed by atoms with E-state index in [9.17, 15) is 0 Å². The monoisotopic (exact) mass is 338 g/mol. The number of hydrogen-bond donors (Lipinski definition) is 1. The summed E-state index contributed by atoms with van der Waals surface area (Å²) in [6.07, 6.45) is 4.01. The number of halogens is 1. The Labute approximate surface area is 132 Å². The second-order valence-electron chi connectivity index (χ2n) is 6.84. The molecule has 1 fully saturated rings. The standard InChI is InChI=1S/C17H27BrN2/c1-17(2,3)19-12-15-9-6-7-11-20(15)13-14-8-4-5-10-16(14)18/h4-5,8,10,15,19H,6-7,9,11-13H2,1-3H3. The number of hydrogen-bond acceptors (Lipinski definition) is 2. The molecule has 0 bridgehead atoms. The molecule has 0 aliphatic carbocycles. The molecule has 3 heteroatoms. The van der Waals surface area contributed by atoms with Gasteiger partial charge in [-0.3, -0.25) is 4.90 Å². The summed E-state index contributed by atoms with van der Waals surface area (Å²) in [5.74, 6) is 0. The van der Waals surface area contributed by atoms with Crippen molar-refractivity contribution in [1.29, 1.82) is 0 Å². The zero-order chi connectivity index (χ0) is 14.6. The van der Waals surface area contributed by atoms with Gasteiger partial charge in [-0.25, -0.2) is 0 Å². The molecule has 1 saturated heterocycles. The number of nitrogens with one attached hydrogen (secondary N) is 1. The van der Waals surface area contributed by atoms with E-state index in [2.05, 4.69) is 71.2 Å². The van der Waals surface area contributed by atoms with Crippen molar-refractivity contribution in [1.82, 2.24) is 10.2 Å². The van der Waals surface area contributed by atoms with Gasteiger partial charge in [-0.05, 0) is 51.8 Å². The Morgan fingerprint density at radius 3 is 2.70 bits per heavy atom. The van der Waals surface area contributed by atoms with E-state index in [1.54, 1.807) is 0 Å². The second-order valence-corrected chi connectivity index (χ2v) is 7.70. The van der Waals surface area contributed by atoms with Crippen LogP contribution in [0.5, 0.6) is 0 Å². The van der Waals surface area contributed by atoms with Crippen molar-refractivity contribution in [3.8, 4) is 0 Å². The minimum Gasteiger partial charge on any atom is -0.311 e. The van der Waals surface area contributed by atoms with Gasteiger partial charge in [0.2, 0.25) is 0 Å². The normalized spacial score (nSPS) is 21.1. The second kappa shape index (κ2) is 7.06. The van der Waals surface area contributed by atoms with Crippen LogP contribution in [-0.4, -0.2) is 29.6 Å². The molecule has 0 aromatic heterocycles. The third-order valence-electron chi connectivity index (χ3n) is 3.95. The quantitative estimate of drug-likeness (QED) is 0.885. The summed E-state index contributed by atoms with van der Waals surface area (Å²) in [6.45, 7) is 10.1. The van der Waals surface area contributed by atoms with E-state index in [0.717, 1.165) is 13.1 Å². The van der Waals surface area contributed by atoms with Crippen molar-refractivity contribution in [3.05, 3.63) is 34.3 Å². The van der Waals surface area contributed by atoms with Crippen LogP contribution in [0.1, 0.15) is 45.6 Å². The lowest BCUT2D eigenvalue weighted by Crippen LogP contribution is -2.49. The third-order valence-corrected chi connectivity index (χ3v) is 4.72. The maximum Gasteiger partial charge on any atom is 0.0248 e. The highest BCUT2D eigenvalue weighted by atomic mass is 79.9. The van der Waals surface area contributed by atoms with E-state index in [1.165, 1.54) is 35.8 Å². The summed E-state index contributed by atoms with van der Waals surface area (Å²) >= 11 is 3.67. The summed E-state index contributed by atoms with van der Waals surface area (Å²) in [7, 11) is 0. The molecule has 1 aromatic rings. The highest BCUT2D eigenvalue weighted by molar-refractivity contribution is 9.10. The molecule has 2 rings (SSSR count). The van der Waals surface area contributed by atoms with Crippen molar-refractivity contribution < 1.29 is 0 Å². The summed E-state index contributed by atoms with van der Waals surface area (Å²) in [5, 5.41) is 3.67. The molecule has 1 aliphatic heterocycles. The fourth-order valence-corrected chi connectivity index (χ4v) is 3.18. The molecule has 0 spiro atoms. The first-order chi connectivity index (χ1) is 9.46. The Bertz CT molecular complexity index is 425. The third kappa shape index (κ3) is 4.87. The van der Waals surface area contributed by atoms with Crippen LogP contribution in [0, 0.1) is 0 Å². The molecule has 0 saturated carbocycles. The van der Waals surface area contributed by atoms with Crippen LogP contribution in [0.4, 0.5) is 0 Å². The Kier molecular flexibility index (Phi) is 5.65. The van der Waals surface area contributed by atoms with Crippen molar-refractivity contribution in [2.75, 3.05) is 13.1 Å². The molecule has 1 aliphatic rings. The van der Waals surface area contributed by atoms with Gasteiger partial charge in [-0.1, -0.05) is 40.5 Å². The number of likely N-dealkylation sites (tertiary alicyclic amines) is 1. The first-order valence-electron chi connectivity index (χ1n) is 7.68. The van der Waals surface area contributed by atoms with Gasteiger partial charge in [0.15, 0.2) is 0 Å². The van der Waals surface area contributed by atoms with E-state index < -0.39 is 0 Å². The Balaban J connectivity index is 1.98. The molecule has 1 atom stereocenters. The van der Waals surface area contributed by atoms with Crippen LogP contribution < -0.4 is 5.32 Å². The predicted molar refractivity (Wildman–Crippen MR) is 89.9 cm³/mol. The van der Waals surface area contributed by atoms with Crippen LogP contribution in [0.15, 0.2) is 28.7 Å². The van der Waals surface area contributed by atoms with Crippen LogP contribution in [0.2, 0.25) is 0 Å². The van der Waals surface area contributed by atoms with Crippen LogP contribution in [0.3, 0.4) is 0 Å². The Morgan fingerprint density at radius 1 is 1.25 bits per heavy atom. The van der Waals surface area contributed by atoms with Gasteiger partial charge < -0.3 is 5.32 Å². The number of piperidine rings is 1. The van der Waals surface area contributed by atoms with Crippen molar-refractivity contribution in [2.45, 2.75) is 58.2 Å². The Hall–Kier alpha value is -0.380. The Morgan fingerprint density at radius 2 is 2.00 bits per heavy atom. The zero-order valence-electron chi connectivity index (χ0n) is 13.0. The highest BCUT2D eigenvalue weighted by Gasteiger charge is 2.24. The van der Waals surface area contributed by atoms with Crippen LogP contribution >= 0.6 is 15.9 Å². The van der Waals surface area contributed by atoms with E-state index in [4.69, 9.17) is 0 Å². The number of nitrogens with zero attached hydrogens (tertiary/aromatic N) is 1. The first kappa shape index (κ1) is 16.0. The molecular weight excluding hydrogens is 312 g/mol. The van der Waals surface area contributed by atoms with Gasteiger partial charge in [-0.2, -0.15) is 0 Å². The lowest BCUT2D eigenvalue weighted by atomic mass is 9.99. The number of rotatable bonds is 4. The van der Waals surface area contributed by atoms with Gasteiger partial charge in [0.05, 0.1) is 0 Å². The zero-order valence-corrected chi connectivity index (χ0v) is 14.5. The fourth-order valence-electron chi connectivity index (χ4n) is 2.77. The van der Waals surface area contributed by atoms with Gasteiger partial charge >= 0.3 is 0 Å². The predicted octanol–water partition coefficient (Wildman–Crippen LogP) is 4.19. The molecule has 0 amide bonds. The highest BCUT2D eigenvalue weighted by Crippen LogP contribution is 2.23. The fraction of sp³-hybridized carbons (Fsp3) is 0.647. The van der Waals surface area contributed by atoms with E-state index in [1.807, 2.05) is 0 Å². The summed E-state index contributed by atoms with van der Waals surface area (Å²) < 4.78 is 1.23. The van der Waals surface area contributed by atoms with E-state index in [-0.39, 0.29) is 5.54 Å². The number of benzene rings is 1. The van der Waals surface area contributed by atoms with Crippen molar-refractivity contribution in [3.63, 3.8) is 0 Å². The topological polar surface area (TPSA) is 15.3 Å². The van der Waals surface area contributed by atoms with Crippen LogP contribution in [-0.2, 0) is 6.54 Å². The summed E-state index contributed by atoms with van der Waals surface area (Å²) in [6, 6.07) is 9.25. The molecule has 112 valence electrons. The first-order valence-corrected chi connectivity index (χ1v) is 8.47. The minimum absolute atomic E-state index is 0.205. The molecule has 1 unspecified atom stereocenters. The van der Waals surface area contributed by atoms with E-state index >= 15 is 0 Å². The lowest BCUT2D eigenvalue weighted by Gasteiger charge is -2.37. The maximum absolute atomic E-state index is 3.67. The summed E-state index contributed by atoms with van der Waals surface area (Å²) in [4.78, 5) is 2.64. The maximum atomic E-state index is 3.67. The lowest BCUT2D eigenvalue weighted by molar-refractivity contribution is 0.131. The molecule has 1 N–H and O–H groups in total. The van der Waals surface area contributed by atoms with Crippen molar-refractivity contribution in [2.24, 2.45) is 0 Å². The van der Waals surface area contributed by atoms with Gasteiger partial charge in [0.1, 0.15) is 0 Å². The molecule has 0 radical (unpaired) electrons. The average molecular weight is 339 g/mol. The minimum atomic E-state index is 0.205. The van der Waals surface area contributed by atoms with Crippen LogP contribution in [0.25, 0.3) is 0 Å². The largest absolute Gasteiger partial charge is 0.311 e. The molecular formula is C17H27BrN2. The molecule has 20 heavy (non-hydrogen) atoms. The van der Waals surface area contributed by atoms with Gasteiger partial charge in [0.25, 0.3) is 0 Å². The molecule has 2 nitrogen and oxygen atoms in total.